The predicted octanol–water partition coefficient (Wildman–Crippen LogP) is 3.14. The molecule has 28 heavy (non-hydrogen) atoms. The van der Waals surface area contributed by atoms with Gasteiger partial charge >= 0.3 is 5.97 Å². The first-order valence-electron chi connectivity index (χ1n) is 8.96. The molecule has 1 N–H and O–H groups in total. The first-order chi connectivity index (χ1) is 13.6. The lowest BCUT2D eigenvalue weighted by Gasteiger charge is -2.08. The molecule has 0 saturated carbocycles. The van der Waals surface area contributed by atoms with Crippen LogP contribution < -0.4 is 4.74 Å². The fraction of sp³-hybridized carbons (Fsp3) is 0.190. The number of fused-ring (bicyclic) bond motifs is 1. The highest BCUT2D eigenvalue weighted by Gasteiger charge is 2.07. The Kier molecular flexibility index (Phi) is 4.80. The minimum absolute atomic E-state index is 0.107. The first kappa shape index (κ1) is 17.8. The van der Waals surface area contributed by atoms with Crippen LogP contribution in [0.5, 0.6) is 5.75 Å². The highest BCUT2D eigenvalue weighted by molar-refractivity contribution is 5.79. The fourth-order valence-corrected chi connectivity index (χ4v) is 3.17. The minimum atomic E-state index is -0.895. The number of ether oxygens (including phenoxy) is 1. The molecule has 0 unspecified atom stereocenters. The van der Waals surface area contributed by atoms with E-state index >= 15 is 0 Å². The van der Waals surface area contributed by atoms with Crippen LogP contribution in [0.3, 0.4) is 0 Å². The normalized spacial score (nSPS) is 11.0. The van der Waals surface area contributed by atoms with Crippen LogP contribution >= 0.6 is 0 Å². The molecule has 7 nitrogen and oxygen atoms in total. The van der Waals surface area contributed by atoms with Gasteiger partial charge in [0.2, 0.25) is 0 Å². The van der Waals surface area contributed by atoms with Crippen molar-refractivity contribution in [2.24, 2.45) is 7.05 Å². The van der Waals surface area contributed by atoms with E-state index in [1.807, 2.05) is 37.6 Å². The van der Waals surface area contributed by atoms with E-state index in [4.69, 9.17) is 9.84 Å². The van der Waals surface area contributed by atoms with Crippen LogP contribution in [0.25, 0.3) is 22.2 Å². The molecule has 0 aliphatic rings. The van der Waals surface area contributed by atoms with E-state index in [0.717, 1.165) is 22.9 Å². The number of carbonyl (C=O) groups is 1. The number of aromatic nitrogens is 4. The average Bonchev–Trinajstić information content (AvgIpc) is 3.28. The zero-order chi connectivity index (χ0) is 19.5. The Balaban J connectivity index is 1.40. The quantitative estimate of drug-likeness (QED) is 0.536. The number of carboxylic acid groups (broad SMARTS) is 1. The molecule has 1 aromatic carbocycles. The van der Waals surface area contributed by atoms with E-state index in [1.54, 1.807) is 21.6 Å². The molecular formula is C21H20N4O3. The Bertz CT molecular complexity index is 1130. The summed E-state index contributed by atoms with van der Waals surface area (Å²) in [6, 6.07) is 12.1. The van der Waals surface area contributed by atoms with Crippen LogP contribution in [0.15, 0.2) is 61.2 Å². The summed E-state index contributed by atoms with van der Waals surface area (Å²) in [7, 11) is 1.90. The molecule has 0 fully saturated rings. The van der Waals surface area contributed by atoms with Crippen molar-refractivity contribution in [1.82, 2.24) is 19.3 Å². The summed E-state index contributed by atoms with van der Waals surface area (Å²) in [6.45, 7) is 0.420. The van der Waals surface area contributed by atoms with Crippen molar-refractivity contribution in [1.29, 1.82) is 0 Å². The van der Waals surface area contributed by atoms with Crippen molar-refractivity contribution in [3.05, 3.63) is 66.7 Å². The Hall–Kier alpha value is -3.61. The van der Waals surface area contributed by atoms with Crippen LogP contribution in [0.2, 0.25) is 0 Å². The molecule has 4 aromatic rings. The molecule has 4 rings (SSSR count). The number of carboxylic acids is 1. The third-order valence-electron chi connectivity index (χ3n) is 4.51. The number of hydrogen-bond acceptors (Lipinski definition) is 4. The molecule has 0 aliphatic carbocycles. The van der Waals surface area contributed by atoms with Gasteiger partial charge < -0.3 is 14.4 Å². The maximum absolute atomic E-state index is 10.9. The van der Waals surface area contributed by atoms with E-state index in [9.17, 15) is 4.79 Å². The second-order valence-electron chi connectivity index (χ2n) is 6.62. The van der Waals surface area contributed by atoms with Gasteiger partial charge in [-0.25, -0.2) is 4.98 Å². The molecule has 142 valence electrons. The van der Waals surface area contributed by atoms with E-state index in [-0.39, 0.29) is 6.54 Å². The topological polar surface area (TPSA) is 82.2 Å². The van der Waals surface area contributed by atoms with Crippen molar-refractivity contribution < 1.29 is 14.6 Å². The summed E-state index contributed by atoms with van der Waals surface area (Å²) in [4.78, 5) is 15.2. The van der Waals surface area contributed by atoms with Crippen molar-refractivity contribution in [3.63, 3.8) is 0 Å². The smallest absolute Gasteiger partial charge is 0.323 e. The van der Waals surface area contributed by atoms with Gasteiger partial charge in [0.15, 0.2) is 0 Å². The molecule has 0 bridgehead atoms. The van der Waals surface area contributed by atoms with E-state index in [0.29, 0.717) is 18.0 Å². The Labute approximate surface area is 161 Å². The van der Waals surface area contributed by atoms with Crippen LogP contribution in [-0.2, 0) is 24.8 Å². The van der Waals surface area contributed by atoms with Crippen molar-refractivity contribution in [3.8, 4) is 16.9 Å². The van der Waals surface area contributed by atoms with Gasteiger partial charge in [0.25, 0.3) is 0 Å². The van der Waals surface area contributed by atoms with Crippen LogP contribution in [0.1, 0.15) is 5.56 Å². The molecule has 3 aromatic heterocycles. The molecule has 0 atom stereocenters. The monoisotopic (exact) mass is 376 g/mol. The second-order valence-corrected chi connectivity index (χ2v) is 6.62. The summed E-state index contributed by atoms with van der Waals surface area (Å²) in [5.74, 6) is -0.225. The van der Waals surface area contributed by atoms with Crippen LogP contribution in [-0.4, -0.2) is 37.0 Å². The summed E-state index contributed by atoms with van der Waals surface area (Å²) in [5.41, 5.74) is 4.04. The fourth-order valence-electron chi connectivity index (χ4n) is 3.17. The summed E-state index contributed by atoms with van der Waals surface area (Å²) < 4.78 is 9.25. The Morgan fingerprint density at radius 1 is 1.18 bits per heavy atom. The SMILES string of the molecule is Cn1cc(-c2cccc(CCOc3cnc4c(ccn4CC(=O)O)c3)c2)cn1. The summed E-state index contributed by atoms with van der Waals surface area (Å²) >= 11 is 0. The zero-order valence-electron chi connectivity index (χ0n) is 15.4. The van der Waals surface area contributed by atoms with E-state index in [2.05, 4.69) is 28.3 Å². The van der Waals surface area contributed by atoms with Crippen LogP contribution in [0.4, 0.5) is 0 Å². The maximum atomic E-state index is 10.9. The standard InChI is InChI=1S/C21H20N4O3/c1-24-13-18(11-23-24)16-4-2-3-15(9-16)6-8-28-19-10-17-5-7-25(14-20(26)27)21(17)22-12-19/h2-5,7,9-13H,6,8,14H2,1H3,(H,26,27). The number of pyridine rings is 1. The van der Waals surface area contributed by atoms with Gasteiger partial charge in [-0.3, -0.25) is 9.48 Å². The highest BCUT2D eigenvalue weighted by atomic mass is 16.5. The number of nitrogens with zero attached hydrogens (tertiary/aromatic N) is 4. The second kappa shape index (κ2) is 7.56. The predicted molar refractivity (Wildman–Crippen MR) is 105 cm³/mol. The average molecular weight is 376 g/mol. The lowest BCUT2D eigenvalue weighted by atomic mass is 10.0. The van der Waals surface area contributed by atoms with Gasteiger partial charge in [0.1, 0.15) is 17.9 Å². The van der Waals surface area contributed by atoms with Crippen molar-refractivity contribution in [2.45, 2.75) is 13.0 Å². The molecule has 0 aliphatic heterocycles. The van der Waals surface area contributed by atoms with Crippen molar-refractivity contribution in [2.75, 3.05) is 6.61 Å². The molecule has 3 heterocycles. The summed E-state index contributed by atoms with van der Waals surface area (Å²) in [6.07, 6.45) is 7.97. The zero-order valence-corrected chi connectivity index (χ0v) is 15.4. The molecular weight excluding hydrogens is 356 g/mol. The maximum Gasteiger partial charge on any atom is 0.323 e. The van der Waals surface area contributed by atoms with Gasteiger partial charge in [-0.05, 0) is 23.3 Å². The Morgan fingerprint density at radius 3 is 2.86 bits per heavy atom. The number of rotatable bonds is 7. The van der Waals surface area contributed by atoms with E-state index in [1.165, 1.54) is 5.56 Å². The van der Waals surface area contributed by atoms with Gasteiger partial charge in [-0.15, -0.1) is 0 Å². The van der Waals surface area contributed by atoms with E-state index < -0.39 is 5.97 Å². The first-order valence-corrected chi connectivity index (χ1v) is 8.96. The molecule has 0 radical (unpaired) electrons. The molecule has 7 heteroatoms. The van der Waals surface area contributed by atoms with Crippen molar-refractivity contribution >= 4 is 17.0 Å². The third kappa shape index (κ3) is 3.88. The van der Waals surface area contributed by atoms with Crippen LogP contribution in [0, 0.1) is 0 Å². The van der Waals surface area contributed by atoms with Gasteiger partial charge in [-0.2, -0.15) is 5.10 Å². The lowest BCUT2D eigenvalue weighted by Crippen LogP contribution is -2.08. The van der Waals surface area contributed by atoms with Gasteiger partial charge in [0, 0.05) is 36.8 Å². The number of aliphatic carboxylic acids is 1. The molecule has 0 spiro atoms. The number of hydrogen-bond donors (Lipinski definition) is 1. The number of benzene rings is 1. The number of aryl methyl sites for hydroxylation is 1. The summed E-state index contributed by atoms with van der Waals surface area (Å²) in [5, 5.41) is 14.0. The largest absolute Gasteiger partial charge is 0.492 e. The lowest BCUT2D eigenvalue weighted by molar-refractivity contribution is -0.137. The van der Waals surface area contributed by atoms with Gasteiger partial charge in [0.05, 0.1) is 19.0 Å². The third-order valence-corrected chi connectivity index (χ3v) is 4.51. The highest BCUT2D eigenvalue weighted by Crippen LogP contribution is 2.21. The Morgan fingerprint density at radius 2 is 2.07 bits per heavy atom. The molecule has 0 amide bonds. The minimum Gasteiger partial charge on any atom is -0.492 e. The molecule has 0 saturated heterocycles. The van der Waals surface area contributed by atoms with Gasteiger partial charge in [-0.1, -0.05) is 24.3 Å².